The minimum atomic E-state index is -1.45. The highest BCUT2D eigenvalue weighted by Crippen LogP contribution is 2.41. The lowest BCUT2D eigenvalue weighted by Crippen LogP contribution is -2.37. The molecular weight excluding hydrogens is 595 g/mol. The summed E-state index contributed by atoms with van der Waals surface area (Å²) in [5, 5.41) is 0. The molecule has 0 heterocycles. The van der Waals surface area contributed by atoms with Gasteiger partial charge in [-0.2, -0.15) is 0 Å². The zero-order chi connectivity index (χ0) is 31.8. The van der Waals surface area contributed by atoms with Crippen LogP contribution in [-0.4, -0.2) is 33.0 Å². The SMILES string of the molecule is CCCCCCCCCCCCCCCCOC[C@H](COC(c1ccccc1)(c1ccccc1)c1ccccc1)O[P+](=S)OC. The number of hydrogen-bond acceptors (Lipinski definition) is 5. The summed E-state index contributed by atoms with van der Waals surface area (Å²) in [6, 6.07) is 31.2. The molecule has 0 saturated heterocycles. The molecule has 3 aromatic carbocycles. The highest BCUT2D eigenvalue weighted by molar-refractivity contribution is 8.00. The van der Waals surface area contributed by atoms with Crippen LogP contribution in [0.1, 0.15) is 114 Å². The van der Waals surface area contributed by atoms with Crippen molar-refractivity contribution in [2.24, 2.45) is 0 Å². The standard InChI is InChI=1S/C39H56O4PS/c1-3-4-5-6-7-8-9-10-11-12-13-14-15-25-32-41-33-38(43-44(45)40-2)34-42-39(35-26-19-16-20-27-35,36-28-21-17-22-29-36)37-30-23-18-24-31-37/h16-24,26-31,38H,3-15,25,32-34H2,1-2H3/q+1/t38-/m1/s1. The van der Waals surface area contributed by atoms with Crippen molar-refractivity contribution in [1.29, 1.82) is 0 Å². The van der Waals surface area contributed by atoms with Crippen LogP contribution in [0, 0.1) is 0 Å². The Morgan fingerprint density at radius 1 is 0.578 bits per heavy atom. The zero-order valence-corrected chi connectivity index (χ0v) is 29.5. The second-order valence-corrected chi connectivity index (χ2v) is 13.8. The van der Waals surface area contributed by atoms with Crippen molar-refractivity contribution in [1.82, 2.24) is 0 Å². The molecule has 0 aromatic heterocycles. The van der Waals surface area contributed by atoms with Crippen LogP contribution in [-0.2, 0) is 35.9 Å². The highest BCUT2D eigenvalue weighted by Gasteiger charge is 2.39. The zero-order valence-electron chi connectivity index (χ0n) is 27.7. The van der Waals surface area contributed by atoms with Crippen molar-refractivity contribution >= 4 is 19.0 Å². The maximum absolute atomic E-state index is 6.98. The quantitative estimate of drug-likeness (QED) is 0.0490. The van der Waals surface area contributed by atoms with E-state index in [0.29, 0.717) is 19.8 Å². The fraction of sp³-hybridized carbons (Fsp3) is 0.538. The molecule has 0 bridgehead atoms. The molecule has 6 heteroatoms. The smallest absolute Gasteiger partial charge is 0.378 e. The summed E-state index contributed by atoms with van der Waals surface area (Å²) >= 11 is 5.43. The Bertz CT molecular complexity index is 1050. The molecular formula is C39H56O4PS+. The van der Waals surface area contributed by atoms with Gasteiger partial charge in [0.25, 0.3) is 0 Å². The monoisotopic (exact) mass is 651 g/mol. The molecule has 3 rings (SSSR count). The number of unbranched alkanes of at least 4 members (excludes halogenated alkanes) is 13. The van der Waals surface area contributed by atoms with Crippen molar-refractivity contribution in [2.75, 3.05) is 26.9 Å². The van der Waals surface area contributed by atoms with Gasteiger partial charge in [0.05, 0.1) is 20.3 Å². The number of hydrogen-bond donors (Lipinski definition) is 0. The van der Waals surface area contributed by atoms with Gasteiger partial charge in [0.15, 0.2) is 6.10 Å². The molecule has 0 saturated carbocycles. The third-order valence-electron chi connectivity index (χ3n) is 8.36. The van der Waals surface area contributed by atoms with Crippen molar-refractivity contribution in [2.45, 2.75) is 109 Å². The van der Waals surface area contributed by atoms with Crippen LogP contribution in [0.4, 0.5) is 0 Å². The van der Waals surface area contributed by atoms with E-state index in [1.165, 1.54) is 83.5 Å². The number of rotatable bonds is 26. The van der Waals surface area contributed by atoms with Crippen LogP contribution in [0.3, 0.4) is 0 Å². The third-order valence-corrected chi connectivity index (χ3v) is 9.83. The Balaban J connectivity index is 1.49. The molecule has 0 amide bonds. The Kier molecular flexibility index (Phi) is 19.5. The molecule has 0 radical (unpaired) electrons. The van der Waals surface area contributed by atoms with Crippen molar-refractivity contribution in [3.8, 4) is 0 Å². The van der Waals surface area contributed by atoms with Gasteiger partial charge in [0.1, 0.15) is 5.60 Å². The molecule has 0 fully saturated rings. The van der Waals surface area contributed by atoms with Crippen LogP contribution >= 0.6 is 7.15 Å². The van der Waals surface area contributed by atoms with Crippen molar-refractivity contribution in [3.05, 3.63) is 108 Å². The van der Waals surface area contributed by atoms with Crippen LogP contribution < -0.4 is 0 Å². The lowest BCUT2D eigenvalue weighted by atomic mass is 9.80. The molecule has 246 valence electrons. The molecule has 2 atom stereocenters. The summed E-state index contributed by atoms with van der Waals surface area (Å²) in [6.45, 7) is 3.70. The maximum Gasteiger partial charge on any atom is 0.521 e. The van der Waals surface area contributed by atoms with Crippen molar-refractivity contribution < 1.29 is 18.5 Å². The normalized spacial score (nSPS) is 12.7. The van der Waals surface area contributed by atoms with Gasteiger partial charge in [-0.3, -0.25) is 0 Å². The average Bonchev–Trinajstić information content (AvgIpc) is 3.09. The molecule has 3 aromatic rings. The van der Waals surface area contributed by atoms with Crippen molar-refractivity contribution in [3.63, 3.8) is 0 Å². The first-order chi connectivity index (χ1) is 22.2. The molecule has 0 spiro atoms. The first-order valence-corrected chi connectivity index (χ1v) is 19.5. The molecule has 4 nitrogen and oxygen atoms in total. The summed E-state index contributed by atoms with van der Waals surface area (Å²) in [5.41, 5.74) is 2.34. The van der Waals surface area contributed by atoms with Gasteiger partial charge in [-0.05, 0) is 23.1 Å². The van der Waals surface area contributed by atoms with Gasteiger partial charge in [-0.15, -0.1) is 9.05 Å². The van der Waals surface area contributed by atoms with E-state index in [4.69, 9.17) is 30.3 Å². The molecule has 0 aliphatic rings. The predicted octanol–water partition coefficient (Wildman–Crippen LogP) is 11.3. The summed E-state index contributed by atoms with van der Waals surface area (Å²) < 4.78 is 24.6. The molecule has 0 N–H and O–H groups in total. The number of ether oxygens (including phenoxy) is 2. The number of benzene rings is 3. The lowest BCUT2D eigenvalue weighted by molar-refractivity contribution is -0.0540. The van der Waals surface area contributed by atoms with Gasteiger partial charge < -0.3 is 9.47 Å². The second kappa shape index (κ2) is 23.4. The van der Waals surface area contributed by atoms with Crippen LogP contribution in [0.5, 0.6) is 0 Å². The van der Waals surface area contributed by atoms with E-state index in [9.17, 15) is 0 Å². The molecule has 0 aliphatic heterocycles. The fourth-order valence-electron chi connectivity index (χ4n) is 5.87. The van der Waals surface area contributed by atoms with E-state index < -0.39 is 12.8 Å². The van der Waals surface area contributed by atoms with E-state index in [2.05, 4.69) is 79.7 Å². The van der Waals surface area contributed by atoms with Gasteiger partial charge in [0, 0.05) is 6.61 Å². The Labute approximate surface area is 279 Å². The van der Waals surface area contributed by atoms with Gasteiger partial charge in [0.2, 0.25) is 11.8 Å². The Morgan fingerprint density at radius 3 is 1.38 bits per heavy atom. The van der Waals surface area contributed by atoms with Gasteiger partial charge in [-0.1, -0.05) is 181 Å². The summed E-state index contributed by atoms with van der Waals surface area (Å²) in [5.74, 6) is 0. The van der Waals surface area contributed by atoms with E-state index in [1.807, 2.05) is 18.2 Å². The summed E-state index contributed by atoms with van der Waals surface area (Å²) in [7, 11) is 0.143. The Hall–Kier alpha value is -1.98. The second-order valence-electron chi connectivity index (χ2n) is 11.9. The Morgan fingerprint density at radius 2 is 0.978 bits per heavy atom. The maximum atomic E-state index is 6.98. The minimum absolute atomic E-state index is 0.302. The van der Waals surface area contributed by atoms with E-state index in [1.54, 1.807) is 7.11 Å². The van der Waals surface area contributed by atoms with Gasteiger partial charge in [-0.25, -0.2) is 0 Å². The van der Waals surface area contributed by atoms with Crippen LogP contribution in [0.2, 0.25) is 0 Å². The fourth-order valence-corrected chi connectivity index (χ4v) is 6.69. The van der Waals surface area contributed by atoms with Crippen LogP contribution in [0.15, 0.2) is 91.0 Å². The molecule has 1 unspecified atom stereocenters. The lowest BCUT2D eigenvalue weighted by Gasteiger charge is -2.36. The summed E-state index contributed by atoms with van der Waals surface area (Å²) in [6.07, 6.45) is 18.5. The van der Waals surface area contributed by atoms with E-state index >= 15 is 0 Å². The largest absolute Gasteiger partial charge is 0.521 e. The minimum Gasteiger partial charge on any atom is -0.378 e. The van der Waals surface area contributed by atoms with E-state index in [-0.39, 0.29) is 6.10 Å². The average molecular weight is 652 g/mol. The third kappa shape index (κ3) is 13.7. The summed E-state index contributed by atoms with van der Waals surface area (Å²) in [4.78, 5) is 0. The first kappa shape index (κ1) is 37.5. The van der Waals surface area contributed by atoms with Gasteiger partial charge >= 0.3 is 7.15 Å². The van der Waals surface area contributed by atoms with E-state index in [0.717, 1.165) is 23.1 Å². The van der Waals surface area contributed by atoms with Crippen LogP contribution in [0.25, 0.3) is 0 Å². The highest BCUT2D eigenvalue weighted by atomic mass is 32.4. The molecule has 45 heavy (non-hydrogen) atoms. The predicted molar refractivity (Wildman–Crippen MR) is 192 cm³/mol. The topological polar surface area (TPSA) is 36.9 Å². The molecule has 0 aliphatic carbocycles. The first-order valence-electron chi connectivity index (χ1n) is 17.3.